The van der Waals surface area contributed by atoms with Gasteiger partial charge in [0.1, 0.15) is 18.1 Å². The number of Topliss-reactive ketones (excluding diaryl/α,β-unsaturated/α-hetero) is 1. The lowest BCUT2D eigenvalue weighted by Crippen LogP contribution is -2.23. The molecule has 4 rings (SSSR count). The Kier molecular flexibility index (Phi) is 6.15. The van der Waals surface area contributed by atoms with Crippen molar-refractivity contribution in [2.24, 2.45) is 5.92 Å². The number of rotatable bonds is 11. The fourth-order valence-corrected chi connectivity index (χ4v) is 3.69. The van der Waals surface area contributed by atoms with Crippen LogP contribution in [-0.2, 0) is 6.54 Å². The van der Waals surface area contributed by atoms with Gasteiger partial charge in [0, 0.05) is 36.2 Å². The molecular formula is C24H28N2O3. The Morgan fingerprint density at radius 1 is 1.10 bits per heavy atom. The highest BCUT2D eigenvalue weighted by atomic mass is 16.5. The zero-order valence-electron chi connectivity index (χ0n) is 16.9. The SMILES string of the molecule is COc1cccc2c(C(=O)C3CC3)cn(CCCNCCOc3ccccc3)c12. The number of nitrogens with one attached hydrogen (secondary N) is 1. The molecule has 0 radical (unpaired) electrons. The molecule has 5 nitrogen and oxygen atoms in total. The first-order chi connectivity index (χ1) is 14.3. The number of hydrogen-bond acceptors (Lipinski definition) is 4. The van der Waals surface area contributed by atoms with Crippen molar-refractivity contribution in [2.75, 3.05) is 26.8 Å². The first kappa shape index (κ1) is 19.5. The summed E-state index contributed by atoms with van der Waals surface area (Å²) < 4.78 is 13.4. The van der Waals surface area contributed by atoms with Crippen LogP contribution in [-0.4, -0.2) is 37.2 Å². The van der Waals surface area contributed by atoms with Gasteiger partial charge in [0.05, 0.1) is 12.6 Å². The second-order valence-electron chi connectivity index (χ2n) is 7.50. The van der Waals surface area contributed by atoms with E-state index in [0.29, 0.717) is 6.61 Å². The van der Waals surface area contributed by atoms with Crippen molar-refractivity contribution in [3.63, 3.8) is 0 Å². The summed E-state index contributed by atoms with van der Waals surface area (Å²) in [4.78, 5) is 12.7. The van der Waals surface area contributed by atoms with Gasteiger partial charge in [0.15, 0.2) is 5.78 Å². The van der Waals surface area contributed by atoms with E-state index >= 15 is 0 Å². The largest absolute Gasteiger partial charge is 0.495 e. The molecule has 5 heteroatoms. The minimum Gasteiger partial charge on any atom is -0.495 e. The number of ketones is 1. The molecule has 0 spiro atoms. The summed E-state index contributed by atoms with van der Waals surface area (Å²) in [6, 6.07) is 15.8. The molecule has 0 bridgehead atoms. The van der Waals surface area contributed by atoms with Gasteiger partial charge >= 0.3 is 0 Å². The second kappa shape index (κ2) is 9.14. The van der Waals surface area contributed by atoms with Gasteiger partial charge in [-0.2, -0.15) is 0 Å². The fourth-order valence-electron chi connectivity index (χ4n) is 3.69. The van der Waals surface area contributed by atoms with Crippen LogP contribution < -0.4 is 14.8 Å². The molecule has 1 aliphatic rings. The number of para-hydroxylation sites is 2. The molecule has 1 fully saturated rings. The van der Waals surface area contributed by atoms with Gasteiger partial charge in [-0.1, -0.05) is 30.3 Å². The molecule has 0 aliphatic heterocycles. The summed E-state index contributed by atoms with van der Waals surface area (Å²) in [7, 11) is 1.68. The third-order valence-corrected chi connectivity index (χ3v) is 5.34. The molecule has 152 valence electrons. The molecule has 0 atom stereocenters. The normalized spacial score (nSPS) is 13.6. The fraction of sp³-hybridized carbons (Fsp3) is 0.375. The molecule has 3 aromatic rings. The van der Waals surface area contributed by atoms with E-state index in [2.05, 4.69) is 9.88 Å². The molecule has 1 saturated carbocycles. The van der Waals surface area contributed by atoms with Crippen molar-refractivity contribution in [1.82, 2.24) is 9.88 Å². The van der Waals surface area contributed by atoms with Crippen molar-refractivity contribution in [1.29, 1.82) is 0 Å². The molecule has 2 aromatic carbocycles. The Labute approximate surface area is 171 Å². The van der Waals surface area contributed by atoms with E-state index in [1.54, 1.807) is 7.11 Å². The van der Waals surface area contributed by atoms with Crippen LogP contribution >= 0.6 is 0 Å². The van der Waals surface area contributed by atoms with Crippen LogP contribution in [0.1, 0.15) is 29.6 Å². The maximum absolute atomic E-state index is 12.7. The number of nitrogens with zero attached hydrogens (tertiary/aromatic N) is 1. The standard InChI is InChI=1S/C24H28N2O3/c1-28-22-10-5-9-20-21(24(27)18-11-12-18)17-26(23(20)22)15-6-13-25-14-16-29-19-7-3-2-4-8-19/h2-5,7-10,17-18,25H,6,11-16H2,1H3. The van der Waals surface area contributed by atoms with E-state index in [0.717, 1.165) is 66.9 Å². The summed E-state index contributed by atoms with van der Waals surface area (Å²) in [6.45, 7) is 3.17. The number of ether oxygens (including phenoxy) is 2. The van der Waals surface area contributed by atoms with E-state index in [1.165, 1.54) is 0 Å². The minimum atomic E-state index is 0.214. The molecule has 1 aromatic heterocycles. The van der Waals surface area contributed by atoms with E-state index < -0.39 is 0 Å². The summed E-state index contributed by atoms with van der Waals surface area (Å²) in [5.41, 5.74) is 1.86. The quantitative estimate of drug-likeness (QED) is 0.390. The number of carbonyl (C=O) groups excluding carboxylic acids is 1. The maximum atomic E-state index is 12.7. The molecule has 1 heterocycles. The lowest BCUT2D eigenvalue weighted by molar-refractivity contribution is 0.0969. The van der Waals surface area contributed by atoms with Crippen LogP contribution in [0.25, 0.3) is 10.9 Å². The number of benzene rings is 2. The second-order valence-corrected chi connectivity index (χ2v) is 7.50. The number of aryl methyl sites for hydroxylation is 1. The van der Waals surface area contributed by atoms with Crippen LogP contribution in [0.5, 0.6) is 11.5 Å². The summed E-state index contributed by atoms with van der Waals surface area (Å²) in [5, 5.41) is 4.43. The topological polar surface area (TPSA) is 52.5 Å². The van der Waals surface area contributed by atoms with E-state index in [4.69, 9.17) is 9.47 Å². The summed E-state index contributed by atoms with van der Waals surface area (Å²) >= 11 is 0. The zero-order valence-corrected chi connectivity index (χ0v) is 16.9. The van der Waals surface area contributed by atoms with E-state index in [-0.39, 0.29) is 11.7 Å². The van der Waals surface area contributed by atoms with Gasteiger partial charge in [-0.25, -0.2) is 0 Å². The summed E-state index contributed by atoms with van der Waals surface area (Å²) in [6.07, 6.45) is 5.02. The summed E-state index contributed by atoms with van der Waals surface area (Å²) in [5.74, 6) is 2.21. The molecule has 1 N–H and O–H groups in total. The number of hydrogen-bond donors (Lipinski definition) is 1. The molecular weight excluding hydrogens is 364 g/mol. The Balaban J connectivity index is 1.33. The van der Waals surface area contributed by atoms with Gasteiger partial charge in [-0.15, -0.1) is 0 Å². The highest BCUT2D eigenvalue weighted by molar-refractivity contribution is 6.11. The smallest absolute Gasteiger partial charge is 0.168 e. The van der Waals surface area contributed by atoms with Gasteiger partial charge in [0.2, 0.25) is 0 Å². The Morgan fingerprint density at radius 2 is 1.93 bits per heavy atom. The number of aromatic nitrogens is 1. The van der Waals surface area contributed by atoms with Crippen molar-refractivity contribution in [3.8, 4) is 11.5 Å². The Morgan fingerprint density at radius 3 is 2.69 bits per heavy atom. The van der Waals surface area contributed by atoms with Gasteiger partial charge in [-0.05, 0) is 44.0 Å². The highest BCUT2D eigenvalue weighted by Crippen LogP contribution is 2.37. The number of methoxy groups -OCH3 is 1. The highest BCUT2D eigenvalue weighted by Gasteiger charge is 2.32. The van der Waals surface area contributed by atoms with Crippen LogP contribution in [0.4, 0.5) is 0 Å². The van der Waals surface area contributed by atoms with Crippen LogP contribution in [0.15, 0.2) is 54.7 Å². The molecule has 0 amide bonds. The van der Waals surface area contributed by atoms with E-state index in [9.17, 15) is 4.79 Å². The van der Waals surface area contributed by atoms with Crippen molar-refractivity contribution >= 4 is 16.7 Å². The monoisotopic (exact) mass is 392 g/mol. The third kappa shape index (κ3) is 4.62. The lowest BCUT2D eigenvalue weighted by Gasteiger charge is -2.10. The average molecular weight is 392 g/mol. The van der Waals surface area contributed by atoms with Crippen molar-refractivity contribution in [2.45, 2.75) is 25.8 Å². The molecule has 29 heavy (non-hydrogen) atoms. The molecule has 0 saturated heterocycles. The predicted molar refractivity (Wildman–Crippen MR) is 115 cm³/mol. The van der Waals surface area contributed by atoms with Crippen LogP contribution in [0.3, 0.4) is 0 Å². The first-order valence-electron chi connectivity index (χ1n) is 10.4. The minimum absolute atomic E-state index is 0.214. The lowest BCUT2D eigenvalue weighted by atomic mass is 10.1. The van der Waals surface area contributed by atoms with Crippen LogP contribution in [0, 0.1) is 5.92 Å². The predicted octanol–water partition coefficient (Wildman–Crippen LogP) is 4.30. The van der Waals surface area contributed by atoms with Gasteiger partial charge < -0.3 is 19.4 Å². The van der Waals surface area contributed by atoms with E-state index in [1.807, 2.05) is 54.7 Å². The third-order valence-electron chi connectivity index (χ3n) is 5.34. The average Bonchev–Trinajstić information content (AvgIpc) is 3.55. The maximum Gasteiger partial charge on any atom is 0.168 e. The van der Waals surface area contributed by atoms with Gasteiger partial charge in [-0.3, -0.25) is 4.79 Å². The molecule has 0 unspecified atom stereocenters. The first-order valence-corrected chi connectivity index (χ1v) is 10.4. The zero-order chi connectivity index (χ0) is 20.1. The number of carbonyl (C=O) groups is 1. The Bertz CT molecular complexity index is 961. The van der Waals surface area contributed by atoms with Crippen molar-refractivity contribution < 1.29 is 14.3 Å². The molecule has 1 aliphatic carbocycles. The Hall–Kier alpha value is -2.79. The number of fused-ring (bicyclic) bond motifs is 1. The van der Waals surface area contributed by atoms with Crippen molar-refractivity contribution in [3.05, 3.63) is 60.3 Å². The van der Waals surface area contributed by atoms with Gasteiger partial charge in [0.25, 0.3) is 0 Å². The van der Waals surface area contributed by atoms with Crippen LogP contribution in [0.2, 0.25) is 0 Å².